The number of aliphatic hydroxyl groups excluding tert-OH is 1. The summed E-state index contributed by atoms with van der Waals surface area (Å²) < 4.78 is 57.6. The lowest BCUT2D eigenvalue weighted by Gasteiger charge is -2.15. The molecule has 0 saturated heterocycles. The molecule has 0 amide bonds. The van der Waals surface area contributed by atoms with E-state index in [1.54, 1.807) is 24.3 Å². The van der Waals surface area contributed by atoms with E-state index in [-0.39, 0.29) is 52.6 Å². The summed E-state index contributed by atoms with van der Waals surface area (Å²) in [5.41, 5.74) is 0.0886. The van der Waals surface area contributed by atoms with Crippen LogP contribution in [-0.2, 0) is 26.0 Å². The van der Waals surface area contributed by atoms with Crippen LogP contribution in [0.4, 0.5) is 13.2 Å². The van der Waals surface area contributed by atoms with Gasteiger partial charge in [-0.2, -0.15) is 13.2 Å². The van der Waals surface area contributed by atoms with Crippen LogP contribution in [0.25, 0.3) is 11.0 Å². The predicted octanol–water partition coefficient (Wildman–Crippen LogP) is 5.98. The van der Waals surface area contributed by atoms with Crippen LogP contribution in [0, 0.1) is 0 Å². The Balaban J connectivity index is 1.72. The Hall–Kier alpha value is -3.85. The number of aromatic nitrogens is 1. The van der Waals surface area contributed by atoms with E-state index in [1.807, 2.05) is 13.8 Å². The highest BCUT2D eigenvalue weighted by Gasteiger charge is 2.35. The molecule has 0 aliphatic heterocycles. The smallest absolute Gasteiger partial charge is 0.433 e. The lowest BCUT2D eigenvalue weighted by Crippen LogP contribution is -2.13. The first kappa shape index (κ1) is 25.2. The molecule has 0 bridgehead atoms. The van der Waals surface area contributed by atoms with Gasteiger partial charge in [0.05, 0.1) is 6.61 Å². The van der Waals surface area contributed by atoms with E-state index < -0.39 is 18.5 Å². The minimum Gasteiger partial charge on any atom is -0.489 e. The molecule has 4 rings (SSSR count). The SMILES string of the molecule is CC(C)c1cc(=O)c2c(OCc3ccccc3CO)cc(OCc3cccnc3C(F)(F)F)cc2o1. The van der Waals surface area contributed by atoms with Gasteiger partial charge in [-0.25, -0.2) is 0 Å². The molecule has 0 aliphatic rings. The molecule has 36 heavy (non-hydrogen) atoms. The highest BCUT2D eigenvalue weighted by molar-refractivity contribution is 5.85. The molecule has 0 radical (unpaired) electrons. The van der Waals surface area contributed by atoms with E-state index in [4.69, 9.17) is 13.9 Å². The molecule has 0 aliphatic carbocycles. The van der Waals surface area contributed by atoms with Crippen LogP contribution in [0.15, 0.2) is 70.0 Å². The zero-order valence-corrected chi connectivity index (χ0v) is 19.6. The zero-order chi connectivity index (χ0) is 25.9. The maximum absolute atomic E-state index is 13.3. The van der Waals surface area contributed by atoms with Gasteiger partial charge in [-0.3, -0.25) is 9.78 Å². The molecule has 0 unspecified atom stereocenters. The summed E-state index contributed by atoms with van der Waals surface area (Å²) >= 11 is 0. The highest BCUT2D eigenvalue weighted by Crippen LogP contribution is 2.34. The molecule has 2 aromatic heterocycles. The number of halogens is 3. The monoisotopic (exact) mass is 499 g/mol. The molecular weight excluding hydrogens is 475 g/mol. The van der Waals surface area contributed by atoms with Gasteiger partial charge in [0.1, 0.15) is 41.4 Å². The number of benzene rings is 2. The fourth-order valence-corrected chi connectivity index (χ4v) is 3.71. The lowest BCUT2D eigenvalue weighted by atomic mass is 10.1. The summed E-state index contributed by atoms with van der Waals surface area (Å²) in [6.07, 6.45) is -3.56. The van der Waals surface area contributed by atoms with Crippen molar-refractivity contribution in [3.8, 4) is 11.5 Å². The van der Waals surface area contributed by atoms with E-state index in [2.05, 4.69) is 4.98 Å². The number of fused-ring (bicyclic) bond motifs is 1. The van der Waals surface area contributed by atoms with E-state index in [1.165, 1.54) is 30.3 Å². The van der Waals surface area contributed by atoms with Crippen LogP contribution in [0.5, 0.6) is 11.5 Å². The first-order valence-corrected chi connectivity index (χ1v) is 11.2. The Labute approximate surface area is 204 Å². The molecule has 1 N–H and O–H groups in total. The maximum atomic E-state index is 13.3. The van der Waals surface area contributed by atoms with E-state index in [0.717, 1.165) is 6.20 Å². The third kappa shape index (κ3) is 5.52. The first-order chi connectivity index (χ1) is 17.2. The second-order valence-electron chi connectivity index (χ2n) is 8.48. The predicted molar refractivity (Wildman–Crippen MR) is 127 cm³/mol. The number of aliphatic hydroxyl groups is 1. The van der Waals surface area contributed by atoms with Gasteiger partial charge in [0.15, 0.2) is 11.1 Å². The van der Waals surface area contributed by atoms with Gasteiger partial charge < -0.3 is 19.0 Å². The van der Waals surface area contributed by atoms with Gasteiger partial charge in [-0.15, -0.1) is 0 Å². The van der Waals surface area contributed by atoms with Crippen LogP contribution in [-0.4, -0.2) is 10.1 Å². The lowest BCUT2D eigenvalue weighted by molar-refractivity contribution is -0.142. The number of ether oxygens (including phenoxy) is 2. The Bertz CT molecular complexity index is 1430. The summed E-state index contributed by atoms with van der Waals surface area (Å²) in [7, 11) is 0. The van der Waals surface area contributed by atoms with Gasteiger partial charge in [-0.05, 0) is 17.2 Å². The summed E-state index contributed by atoms with van der Waals surface area (Å²) in [5.74, 6) is 0.695. The van der Waals surface area contributed by atoms with Crippen LogP contribution < -0.4 is 14.9 Å². The van der Waals surface area contributed by atoms with Crippen molar-refractivity contribution in [2.75, 3.05) is 0 Å². The maximum Gasteiger partial charge on any atom is 0.433 e. The Morgan fingerprint density at radius 3 is 2.36 bits per heavy atom. The van der Waals surface area contributed by atoms with Gasteiger partial charge in [0.2, 0.25) is 0 Å². The normalized spacial score (nSPS) is 11.8. The van der Waals surface area contributed by atoms with Crippen molar-refractivity contribution < 1.29 is 32.2 Å². The highest BCUT2D eigenvalue weighted by atomic mass is 19.4. The molecule has 6 nitrogen and oxygen atoms in total. The fourth-order valence-electron chi connectivity index (χ4n) is 3.71. The Morgan fingerprint density at radius 2 is 1.67 bits per heavy atom. The molecule has 2 aromatic carbocycles. The van der Waals surface area contributed by atoms with Crippen LogP contribution in [0.3, 0.4) is 0 Å². The Morgan fingerprint density at radius 1 is 0.972 bits per heavy atom. The number of pyridine rings is 1. The molecule has 0 atom stereocenters. The summed E-state index contributed by atoms with van der Waals surface area (Å²) in [6, 6.07) is 14.1. The van der Waals surface area contributed by atoms with Crippen molar-refractivity contribution in [2.24, 2.45) is 0 Å². The minimum atomic E-state index is -4.63. The Kier molecular flexibility index (Phi) is 7.30. The fraction of sp³-hybridized carbons (Fsp3) is 0.259. The summed E-state index contributed by atoms with van der Waals surface area (Å²) in [6.45, 7) is 3.19. The average molecular weight is 499 g/mol. The first-order valence-electron chi connectivity index (χ1n) is 11.2. The van der Waals surface area contributed by atoms with Gasteiger partial charge in [0.25, 0.3) is 0 Å². The topological polar surface area (TPSA) is 81.8 Å². The van der Waals surface area contributed by atoms with Crippen molar-refractivity contribution in [1.82, 2.24) is 4.98 Å². The van der Waals surface area contributed by atoms with E-state index in [9.17, 15) is 23.1 Å². The van der Waals surface area contributed by atoms with Gasteiger partial charge in [-0.1, -0.05) is 44.2 Å². The van der Waals surface area contributed by atoms with Crippen molar-refractivity contribution in [3.63, 3.8) is 0 Å². The van der Waals surface area contributed by atoms with Crippen molar-refractivity contribution in [2.45, 2.75) is 45.8 Å². The number of hydrogen-bond acceptors (Lipinski definition) is 6. The molecule has 9 heteroatoms. The number of rotatable bonds is 8. The van der Waals surface area contributed by atoms with Gasteiger partial charge in [0, 0.05) is 35.9 Å². The largest absolute Gasteiger partial charge is 0.489 e. The summed E-state index contributed by atoms with van der Waals surface area (Å²) in [5, 5.41) is 9.78. The third-order valence-corrected chi connectivity index (χ3v) is 5.58. The molecule has 0 fully saturated rings. The van der Waals surface area contributed by atoms with Crippen LogP contribution in [0.1, 0.15) is 47.9 Å². The third-order valence-electron chi connectivity index (χ3n) is 5.58. The average Bonchev–Trinajstić information content (AvgIpc) is 2.85. The second-order valence-corrected chi connectivity index (χ2v) is 8.48. The van der Waals surface area contributed by atoms with Gasteiger partial charge >= 0.3 is 6.18 Å². The van der Waals surface area contributed by atoms with Crippen molar-refractivity contribution in [1.29, 1.82) is 0 Å². The summed E-state index contributed by atoms with van der Waals surface area (Å²) in [4.78, 5) is 16.4. The molecule has 4 aromatic rings. The quantitative estimate of drug-likeness (QED) is 0.321. The molecule has 0 spiro atoms. The molecular formula is C27H24F3NO5. The van der Waals surface area contributed by atoms with E-state index in [0.29, 0.717) is 16.9 Å². The zero-order valence-electron chi connectivity index (χ0n) is 19.6. The van der Waals surface area contributed by atoms with E-state index >= 15 is 0 Å². The van der Waals surface area contributed by atoms with Crippen LogP contribution in [0.2, 0.25) is 0 Å². The molecule has 0 saturated carbocycles. The second kappa shape index (κ2) is 10.4. The number of hydrogen-bond donors (Lipinski definition) is 1. The minimum absolute atomic E-state index is 0.0431. The number of nitrogens with zero attached hydrogens (tertiary/aromatic N) is 1. The van der Waals surface area contributed by atoms with Crippen molar-refractivity contribution >= 4 is 11.0 Å². The number of alkyl halides is 3. The standard InChI is InChI=1S/C27H24F3NO5/c1-16(2)22-12-21(33)25-23(35-14-18-7-4-3-6-17(18)13-32)10-20(11-24(25)36-22)34-15-19-8-5-9-31-26(19)27(28,29)30/h3-12,16,32H,13-15H2,1-2H3. The molecule has 2 heterocycles. The molecule has 188 valence electrons. The van der Waals surface area contributed by atoms with Crippen molar-refractivity contribution in [3.05, 3.63) is 99.2 Å². The van der Waals surface area contributed by atoms with Crippen LogP contribution >= 0.6 is 0 Å².